The van der Waals surface area contributed by atoms with E-state index in [2.05, 4.69) is 74.4 Å². The van der Waals surface area contributed by atoms with Crippen molar-refractivity contribution in [3.05, 3.63) is 46.6 Å². The highest BCUT2D eigenvalue weighted by atomic mass is 32.2. The fourth-order valence-electron chi connectivity index (χ4n) is 1.86. The maximum atomic E-state index is 2.54. The summed E-state index contributed by atoms with van der Waals surface area (Å²) >= 11 is 1.98. The van der Waals surface area contributed by atoms with Gasteiger partial charge in [-0.1, -0.05) is 55.7 Å². The van der Waals surface area contributed by atoms with Crippen molar-refractivity contribution in [2.45, 2.75) is 39.2 Å². The molecule has 19 heavy (non-hydrogen) atoms. The molecule has 0 heterocycles. The van der Waals surface area contributed by atoms with E-state index in [1.165, 1.54) is 10.6 Å². The molecule has 0 radical (unpaired) electrons. The molecule has 0 bridgehead atoms. The van der Waals surface area contributed by atoms with Gasteiger partial charge < -0.3 is 4.90 Å². The van der Waals surface area contributed by atoms with Crippen LogP contribution in [0, 0.1) is 0 Å². The molecule has 0 aromatic heterocycles. The number of hydrogen-bond acceptors (Lipinski definition) is 2. The number of thioether (sulfide) groups is 1. The molecule has 0 amide bonds. The predicted molar refractivity (Wildman–Crippen MR) is 92.1 cm³/mol. The molecule has 0 fully saturated rings. The van der Waals surface area contributed by atoms with Crippen LogP contribution >= 0.6 is 11.8 Å². The molecule has 0 aliphatic carbocycles. The first kappa shape index (κ1) is 16.4. The Morgan fingerprint density at radius 3 is 2.16 bits per heavy atom. The van der Waals surface area contributed by atoms with E-state index in [4.69, 9.17) is 0 Å². The highest BCUT2D eigenvalue weighted by Gasteiger charge is 2.14. The lowest BCUT2D eigenvalue weighted by atomic mass is 10.2. The summed E-state index contributed by atoms with van der Waals surface area (Å²) in [4.78, 5) is 2.48. The fraction of sp³-hybridized carbons (Fsp3) is 0.500. The SMILES string of the molecule is CCN(CC)/C(=C\[Si](C)(C)C)SCc1ccccc1. The van der Waals surface area contributed by atoms with Crippen LogP contribution in [0.2, 0.25) is 19.6 Å². The number of benzene rings is 1. The van der Waals surface area contributed by atoms with Crippen LogP contribution in [0.1, 0.15) is 19.4 Å². The van der Waals surface area contributed by atoms with Crippen molar-refractivity contribution >= 4 is 19.8 Å². The van der Waals surface area contributed by atoms with Gasteiger partial charge in [-0.15, -0.1) is 11.8 Å². The molecule has 1 aromatic rings. The lowest BCUT2D eigenvalue weighted by Crippen LogP contribution is -2.25. The van der Waals surface area contributed by atoms with Gasteiger partial charge in [0, 0.05) is 18.8 Å². The summed E-state index contributed by atoms with van der Waals surface area (Å²) in [6.45, 7) is 13.9. The Morgan fingerprint density at radius 2 is 1.68 bits per heavy atom. The number of hydrogen-bond donors (Lipinski definition) is 0. The van der Waals surface area contributed by atoms with E-state index in [-0.39, 0.29) is 0 Å². The summed E-state index contributed by atoms with van der Waals surface area (Å²) in [7, 11) is -1.18. The summed E-state index contributed by atoms with van der Waals surface area (Å²) in [6, 6.07) is 10.7. The molecule has 0 saturated heterocycles. The standard InChI is InChI=1S/C16H27NSSi/c1-6-17(7-2)16(14-19(3,4)5)18-13-15-11-9-8-10-12-15/h8-12,14H,6-7,13H2,1-5H3/b16-14+. The highest BCUT2D eigenvalue weighted by Crippen LogP contribution is 2.26. The first-order valence-corrected chi connectivity index (χ1v) is 11.7. The average Bonchev–Trinajstić information content (AvgIpc) is 2.37. The number of rotatable bonds is 7. The van der Waals surface area contributed by atoms with Gasteiger partial charge in [0.05, 0.1) is 13.1 Å². The molecule has 1 aromatic carbocycles. The summed E-state index contributed by atoms with van der Waals surface area (Å²) < 4.78 is 0. The molecule has 0 aliphatic heterocycles. The van der Waals surface area contributed by atoms with Crippen LogP contribution in [0.3, 0.4) is 0 Å². The normalized spacial score (nSPS) is 12.6. The van der Waals surface area contributed by atoms with Crippen LogP contribution in [0.4, 0.5) is 0 Å². The molecule has 0 spiro atoms. The third-order valence-electron chi connectivity index (χ3n) is 2.86. The van der Waals surface area contributed by atoms with E-state index >= 15 is 0 Å². The minimum atomic E-state index is -1.18. The minimum absolute atomic E-state index is 1.06. The largest absolute Gasteiger partial charge is 0.367 e. The van der Waals surface area contributed by atoms with Crippen molar-refractivity contribution in [3.63, 3.8) is 0 Å². The number of nitrogens with zero attached hydrogens (tertiary/aromatic N) is 1. The Hall–Kier alpha value is -0.673. The van der Waals surface area contributed by atoms with Gasteiger partial charge >= 0.3 is 0 Å². The van der Waals surface area contributed by atoms with E-state index in [1.807, 2.05) is 11.8 Å². The van der Waals surface area contributed by atoms with E-state index in [1.54, 1.807) is 0 Å². The fourth-order valence-corrected chi connectivity index (χ4v) is 5.13. The topological polar surface area (TPSA) is 3.24 Å². The second kappa shape index (κ2) is 7.80. The van der Waals surface area contributed by atoms with Gasteiger partial charge in [0.1, 0.15) is 0 Å². The molecule has 1 rings (SSSR count). The summed E-state index contributed by atoms with van der Waals surface area (Å²) in [5, 5.41) is 1.47. The van der Waals surface area contributed by atoms with E-state index in [9.17, 15) is 0 Å². The third kappa shape index (κ3) is 6.35. The molecule has 1 nitrogen and oxygen atoms in total. The minimum Gasteiger partial charge on any atom is -0.367 e. The first-order chi connectivity index (χ1) is 8.96. The molecule has 0 N–H and O–H groups in total. The van der Waals surface area contributed by atoms with Gasteiger partial charge in [0.2, 0.25) is 0 Å². The Balaban J connectivity index is 2.78. The van der Waals surface area contributed by atoms with Crippen LogP contribution in [0.25, 0.3) is 0 Å². The van der Waals surface area contributed by atoms with Crippen LogP contribution in [0.5, 0.6) is 0 Å². The molecule has 0 atom stereocenters. The van der Waals surface area contributed by atoms with Gasteiger partial charge in [-0.25, -0.2) is 0 Å². The Kier molecular flexibility index (Phi) is 6.73. The van der Waals surface area contributed by atoms with Gasteiger partial charge in [-0.3, -0.25) is 0 Å². The smallest absolute Gasteiger partial charge is 0.0721 e. The zero-order chi connectivity index (χ0) is 14.3. The molecule has 106 valence electrons. The molecule has 3 heteroatoms. The van der Waals surface area contributed by atoms with Gasteiger partial charge in [-0.2, -0.15) is 0 Å². The maximum Gasteiger partial charge on any atom is 0.0721 e. The zero-order valence-corrected chi connectivity index (χ0v) is 14.8. The zero-order valence-electron chi connectivity index (χ0n) is 12.9. The van der Waals surface area contributed by atoms with E-state index < -0.39 is 8.07 Å². The Morgan fingerprint density at radius 1 is 1.11 bits per heavy atom. The van der Waals surface area contributed by atoms with Gasteiger partial charge in [0.15, 0.2) is 0 Å². The Bertz CT molecular complexity index is 391. The van der Waals surface area contributed by atoms with Crippen LogP contribution < -0.4 is 0 Å². The summed E-state index contributed by atoms with van der Waals surface area (Å²) in [5.74, 6) is 1.06. The molecular formula is C16H27NSSi. The van der Waals surface area contributed by atoms with Crippen molar-refractivity contribution in [1.82, 2.24) is 4.90 Å². The molecule has 0 saturated carbocycles. The molecule has 0 aliphatic rings. The summed E-state index contributed by atoms with van der Waals surface area (Å²) in [5.41, 5.74) is 3.94. The van der Waals surface area contributed by atoms with Crippen LogP contribution in [-0.4, -0.2) is 26.1 Å². The average molecular weight is 294 g/mol. The van der Waals surface area contributed by atoms with Crippen molar-refractivity contribution in [1.29, 1.82) is 0 Å². The van der Waals surface area contributed by atoms with Gasteiger partial charge in [-0.05, 0) is 19.4 Å². The highest BCUT2D eigenvalue weighted by molar-refractivity contribution is 8.02. The lowest BCUT2D eigenvalue weighted by molar-refractivity contribution is 0.409. The monoisotopic (exact) mass is 293 g/mol. The van der Waals surface area contributed by atoms with Gasteiger partial charge in [0.25, 0.3) is 0 Å². The quantitative estimate of drug-likeness (QED) is 0.652. The van der Waals surface area contributed by atoms with E-state index in [0.717, 1.165) is 18.8 Å². The molecule has 0 unspecified atom stereocenters. The second-order valence-corrected chi connectivity index (χ2v) is 11.8. The molecular weight excluding hydrogens is 266 g/mol. The first-order valence-electron chi connectivity index (χ1n) is 7.10. The second-order valence-electron chi connectivity index (χ2n) is 5.80. The maximum absolute atomic E-state index is 2.54. The summed E-state index contributed by atoms with van der Waals surface area (Å²) in [6.07, 6.45) is 0. The van der Waals surface area contributed by atoms with Crippen LogP contribution in [0.15, 0.2) is 41.1 Å². The predicted octanol–water partition coefficient (Wildman–Crippen LogP) is 4.98. The lowest BCUT2D eigenvalue weighted by Gasteiger charge is -2.26. The van der Waals surface area contributed by atoms with Crippen molar-refractivity contribution in [2.24, 2.45) is 0 Å². The third-order valence-corrected chi connectivity index (χ3v) is 5.36. The van der Waals surface area contributed by atoms with Crippen molar-refractivity contribution < 1.29 is 0 Å². The van der Waals surface area contributed by atoms with E-state index in [0.29, 0.717) is 0 Å². The van der Waals surface area contributed by atoms with Crippen molar-refractivity contribution in [2.75, 3.05) is 13.1 Å². The van der Waals surface area contributed by atoms with Crippen LogP contribution in [-0.2, 0) is 5.75 Å². The Labute approximate surface area is 124 Å². The van der Waals surface area contributed by atoms with Crippen molar-refractivity contribution in [3.8, 4) is 0 Å².